The second kappa shape index (κ2) is 4.69. The van der Waals surface area contributed by atoms with Crippen LogP contribution in [-0.4, -0.2) is 9.97 Å². The largest absolute Gasteiger partial charge is 0.287 e. The fourth-order valence-electron chi connectivity index (χ4n) is 4.25. The molecule has 4 heteroatoms. The molecule has 0 saturated carbocycles. The third-order valence-electron chi connectivity index (χ3n) is 5.31. The molecule has 1 aromatic carbocycles. The number of aryl methyl sites for hydroxylation is 1. The summed E-state index contributed by atoms with van der Waals surface area (Å²) in [6.45, 7) is 6.62. The van der Waals surface area contributed by atoms with E-state index in [0.29, 0.717) is 12.1 Å². The number of nitrogens with zero attached hydrogens (tertiary/aromatic N) is 4. The van der Waals surface area contributed by atoms with Gasteiger partial charge in [0.05, 0.1) is 22.9 Å². The molecule has 0 saturated heterocycles. The molecule has 4 heterocycles. The summed E-state index contributed by atoms with van der Waals surface area (Å²) < 4.78 is 4.83. The zero-order valence-corrected chi connectivity index (χ0v) is 14.2. The van der Waals surface area contributed by atoms with E-state index in [4.69, 9.17) is 9.97 Å². The lowest BCUT2D eigenvalue weighted by molar-refractivity contribution is -0.711. The minimum atomic E-state index is 0.446. The summed E-state index contributed by atoms with van der Waals surface area (Å²) in [5, 5.41) is 2.38. The van der Waals surface area contributed by atoms with E-state index in [9.17, 15) is 0 Å². The van der Waals surface area contributed by atoms with Crippen molar-refractivity contribution in [3.63, 3.8) is 0 Å². The maximum absolute atomic E-state index is 4.84. The van der Waals surface area contributed by atoms with Crippen LogP contribution in [0.25, 0.3) is 32.8 Å². The second-order valence-corrected chi connectivity index (χ2v) is 7.00. The van der Waals surface area contributed by atoms with Crippen molar-refractivity contribution in [3.05, 3.63) is 48.5 Å². The highest BCUT2D eigenvalue weighted by atomic mass is 15.1. The summed E-state index contributed by atoms with van der Waals surface area (Å²) in [6.07, 6.45) is 7.39. The summed E-state index contributed by atoms with van der Waals surface area (Å²) >= 11 is 0. The fraction of sp³-hybridized carbons (Fsp3) is 0.300. The summed E-state index contributed by atoms with van der Waals surface area (Å²) in [6, 6.07) is 9.52. The first-order chi connectivity index (χ1) is 11.6. The lowest BCUT2D eigenvalue weighted by Gasteiger charge is -2.07. The van der Waals surface area contributed by atoms with Crippen molar-refractivity contribution in [1.29, 1.82) is 0 Å². The Morgan fingerprint density at radius 1 is 0.917 bits per heavy atom. The predicted octanol–water partition coefficient (Wildman–Crippen LogP) is 3.35. The van der Waals surface area contributed by atoms with E-state index in [1.165, 1.54) is 21.8 Å². The van der Waals surface area contributed by atoms with E-state index in [2.05, 4.69) is 59.6 Å². The third kappa shape index (κ3) is 1.68. The number of hydrogen-bond acceptors (Lipinski definition) is 2. The van der Waals surface area contributed by atoms with E-state index >= 15 is 0 Å². The smallest absolute Gasteiger partial charge is 0.252 e. The van der Waals surface area contributed by atoms with Crippen LogP contribution in [-0.2, 0) is 0 Å². The van der Waals surface area contributed by atoms with E-state index in [0.717, 1.165) is 23.1 Å². The molecule has 0 spiro atoms. The highest BCUT2D eigenvalue weighted by Gasteiger charge is 2.35. The van der Waals surface area contributed by atoms with E-state index in [1.54, 1.807) is 0 Å². The highest BCUT2D eigenvalue weighted by Crippen LogP contribution is 2.32. The second-order valence-electron chi connectivity index (χ2n) is 7.00. The van der Waals surface area contributed by atoms with Crippen LogP contribution in [0.15, 0.2) is 42.9 Å². The van der Waals surface area contributed by atoms with Gasteiger partial charge in [-0.1, -0.05) is 0 Å². The predicted molar refractivity (Wildman–Crippen MR) is 93.7 cm³/mol. The van der Waals surface area contributed by atoms with Gasteiger partial charge in [0, 0.05) is 18.3 Å². The molecular weight excluding hydrogens is 296 g/mol. The van der Waals surface area contributed by atoms with Crippen LogP contribution in [0.5, 0.6) is 0 Å². The zero-order chi connectivity index (χ0) is 16.4. The molecule has 2 atom stereocenters. The molecule has 24 heavy (non-hydrogen) atoms. The molecular formula is C20H20N4+2. The molecule has 1 aliphatic rings. The van der Waals surface area contributed by atoms with Gasteiger partial charge in [-0.2, -0.15) is 9.13 Å². The van der Waals surface area contributed by atoms with Crippen LogP contribution in [0.1, 0.15) is 38.0 Å². The molecule has 0 aliphatic carbocycles. The Labute approximate surface area is 140 Å². The molecule has 2 unspecified atom stereocenters. The van der Waals surface area contributed by atoms with Crippen LogP contribution < -0.4 is 9.13 Å². The van der Waals surface area contributed by atoms with Gasteiger partial charge in [-0.05, 0) is 32.9 Å². The van der Waals surface area contributed by atoms with Crippen molar-refractivity contribution >= 4 is 32.8 Å². The summed E-state index contributed by atoms with van der Waals surface area (Å²) in [4.78, 5) is 9.58. The Bertz CT molecular complexity index is 1130. The minimum absolute atomic E-state index is 0.446. The first kappa shape index (κ1) is 13.8. The van der Waals surface area contributed by atoms with Crippen LogP contribution in [0.4, 0.5) is 0 Å². The zero-order valence-electron chi connectivity index (χ0n) is 14.2. The third-order valence-corrected chi connectivity index (χ3v) is 5.31. The van der Waals surface area contributed by atoms with Gasteiger partial charge < -0.3 is 0 Å². The number of benzene rings is 1. The Kier molecular flexibility index (Phi) is 2.70. The lowest BCUT2D eigenvalue weighted by Crippen LogP contribution is -2.39. The number of aromatic nitrogens is 4. The first-order valence-electron chi connectivity index (χ1n) is 8.58. The standard InChI is InChI=1S/C20H20N4/c1-12-11-21-17-15-6-4-8-23-13(2)10-14(3)24-9-5-7-16(18(17)22-12)20(24)19(15)23/h4-9,11,13-14H,10H2,1-3H3/q+2. The molecule has 0 fully saturated rings. The van der Waals surface area contributed by atoms with Crippen molar-refractivity contribution in [3.8, 4) is 0 Å². The summed E-state index contributed by atoms with van der Waals surface area (Å²) in [5.74, 6) is 0. The van der Waals surface area contributed by atoms with Crippen molar-refractivity contribution in [2.75, 3.05) is 0 Å². The van der Waals surface area contributed by atoms with Gasteiger partial charge in [0.1, 0.15) is 11.0 Å². The van der Waals surface area contributed by atoms with Crippen LogP contribution in [0.2, 0.25) is 0 Å². The maximum atomic E-state index is 4.84. The minimum Gasteiger partial charge on any atom is -0.252 e. The topological polar surface area (TPSA) is 33.5 Å². The van der Waals surface area contributed by atoms with Gasteiger partial charge in [0.15, 0.2) is 24.5 Å². The van der Waals surface area contributed by atoms with Gasteiger partial charge in [-0.3, -0.25) is 4.98 Å². The van der Waals surface area contributed by atoms with Gasteiger partial charge >= 0.3 is 0 Å². The first-order valence-corrected chi connectivity index (χ1v) is 8.58. The van der Waals surface area contributed by atoms with E-state index < -0.39 is 0 Å². The SMILES string of the molecule is Cc1cnc2c3ccc[n+]4c3c3c(ccc[n+]3C(C)CC4C)c2n1. The molecule has 4 nitrogen and oxygen atoms in total. The van der Waals surface area contributed by atoms with Crippen LogP contribution >= 0.6 is 0 Å². The van der Waals surface area contributed by atoms with Crippen LogP contribution in [0, 0.1) is 6.92 Å². The Balaban J connectivity index is 2.18. The van der Waals surface area contributed by atoms with E-state index in [-0.39, 0.29) is 0 Å². The molecule has 118 valence electrons. The molecule has 0 radical (unpaired) electrons. The normalized spacial score (nSPS) is 20.1. The monoisotopic (exact) mass is 316 g/mol. The molecule has 0 bridgehead atoms. The summed E-state index contributed by atoms with van der Waals surface area (Å²) in [7, 11) is 0. The Morgan fingerprint density at radius 2 is 1.50 bits per heavy atom. The number of pyridine rings is 2. The molecule has 0 N–H and O–H groups in total. The maximum Gasteiger partial charge on any atom is 0.287 e. The van der Waals surface area contributed by atoms with Crippen molar-refractivity contribution in [2.24, 2.45) is 0 Å². The number of fused-ring (bicyclic) bond motifs is 3. The van der Waals surface area contributed by atoms with Gasteiger partial charge in [0.2, 0.25) is 0 Å². The Morgan fingerprint density at radius 3 is 2.12 bits per heavy atom. The van der Waals surface area contributed by atoms with Gasteiger partial charge in [-0.25, -0.2) is 4.98 Å². The van der Waals surface area contributed by atoms with E-state index in [1.807, 2.05) is 13.1 Å². The molecule has 0 amide bonds. The highest BCUT2D eigenvalue weighted by molar-refractivity contribution is 6.18. The van der Waals surface area contributed by atoms with Crippen molar-refractivity contribution in [1.82, 2.24) is 9.97 Å². The quantitative estimate of drug-likeness (QED) is 0.368. The number of rotatable bonds is 0. The molecule has 4 aromatic rings. The summed E-state index contributed by atoms with van der Waals surface area (Å²) in [5.41, 5.74) is 5.51. The molecule has 1 aliphatic heterocycles. The lowest BCUT2D eigenvalue weighted by atomic mass is 10.1. The van der Waals surface area contributed by atoms with Crippen LogP contribution in [0.3, 0.4) is 0 Å². The Hall–Kier alpha value is -2.62. The van der Waals surface area contributed by atoms with Gasteiger partial charge in [0.25, 0.3) is 11.0 Å². The number of hydrogen-bond donors (Lipinski definition) is 0. The van der Waals surface area contributed by atoms with Crippen molar-refractivity contribution in [2.45, 2.75) is 39.3 Å². The van der Waals surface area contributed by atoms with Crippen molar-refractivity contribution < 1.29 is 9.13 Å². The fourth-order valence-corrected chi connectivity index (χ4v) is 4.25. The molecule has 5 rings (SSSR count). The average Bonchev–Trinajstić information content (AvgIpc) is 2.70. The average molecular weight is 316 g/mol. The van der Waals surface area contributed by atoms with Gasteiger partial charge in [-0.15, -0.1) is 0 Å². The molecule has 3 aromatic heterocycles.